The van der Waals surface area contributed by atoms with Crippen LogP contribution in [0.3, 0.4) is 0 Å². The van der Waals surface area contributed by atoms with Crippen LogP contribution in [0.25, 0.3) is 16.7 Å². The summed E-state index contributed by atoms with van der Waals surface area (Å²) in [6.07, 6.45) is 12.8. The maximum absolute atomic E-state index is 14.3. The third kappa shape index (κ3) is 7.22. The molecule has 0 radical (unpaired) electrons. The number of ether oxygens (including phenoxy) is 1. The average Bonchev–Trinajstić information content (AvgIpc) is 4.11. The first-order valence-electron chi connectivity index (χ1n) is 22.7. The van der Waals surface area contributed by atoms with Crippen LogP contribution >= 0.6 is 0 Å². The third-order valence-electron chi connectivity index (χ3n) is 15.3. The number of hydrogen-bond donors (Lipinski definition) is 2. The number of benzene rings is 1. The highest BCUT2D eigenvalue weighted by Gasteiger charge is 2.46. The zero-order valence-electron chi connectivity index (χ0n) is 35.4. The number of morpholine rings is 1. The number of aryl methyl sites for hydroxylation is 1. The number of anilines is 2. The van der Waals surface area contributed by atoms with Crippen molar-refractivity contribution in [2.45, 2.75) is 108 Å². The van der Waals surface area contributed by atoms with Crippen molar-refractivity contribution in [1.29, 1.82) is 0 Å². The third-order valence-corrected chi connectivity index (χ3v) is 15.3. The van der Waals surface area contributed by atoms with Gasteiger partial charge in [0.25, 0.3) is 12.3 Å². The minimum atomic E-state index is -2.85. The molecule has 6 aliphatic rings. The summed E-state index contributed by atoms with van der Waals surface area (Å²) in [4.78, 5) is 61.0. The molecule has 6 fully saturated rings. The number of rotatable bonds is 10. The van der Waals surface area contributed by atoms with E-state index in [1.165, 1.54) is 36.4 Å². The molecule has 63 heavy (non-hydrogen) atoms. The molecule has 5 aromatic rings. The van der Waals surface area contributed by atoms with Gasteiger partial charge in [-0.05, 0) is 119 Å². The number of imidazole rings is 1. The van der Waals surface area contributed by atoms with E-state index in [4.69, 9.17) is 9.72 Å². The second-order valence-corrected chi connectivity index (χ2v) is 19.2. The summed E-state index contributed by atoms with van der Waals surface area (Å²) in [5, 5.41) is 13.7. The van der Waals surface area contributed by atoms with E-state index < -0.39 is 30.0 Å². The summed E-state index contributed by atoms with van der Waals surface area (Å²) >= 11 is 0. The Bertz CT molecular complexity index is 2660. The van der Waals surface area contributed by atoms with Gasteiger partial charge in [0.15, 0.2) is 11.3 Å². The Hall–Kier alpha value is -5.49. The first-order chi connectivity index (χ1) is 30.5. The summed E-state index contributed by atoms with van der Waals surface area (Å²) in [6.45, 7) is 4.57. The molecule has 1 aromatic carbocycles. The van der Waals surface area contributed by atoms with Crippen LogP contribution in [-0.4, -0.2) is 101 Å². The molecule has 2 bridgehead atoms. The fourth-order valence-electron chi connectivity index (χ4n) is 12.0. The summed E-state index contributed by atoms with van der Waals surface area (Å²) in [7, 11) is 1.77. The monoisotopic (exact) mass is 865 g/mol. The fraction of sp³-hybridized carbons (Fsp3) is 0.578. The number of para-hydroxylation sites is 1. The predicted octanol–water partition coefficient (Wildman–Crippen LogP) is 5.19. The Balaban J connectivity index is 0.671. The molecule has 4 saturated heterocycles. The van der Waals surface area contributed by atoms with E-state index in [1.54, 1.807) is 33.3 Å². The number of halogens is 2. The lowest BCUT2D eigenvalue weighted by Crippen LogP contribution is -2.48. The molecule has 1 unspecified atom stereocenters. The molecule has 16 nitrogen and oxygen atoms in total. The first kappa shape index (κ1) is 40.3. The molecular formula is C45H53F2N11O5. The minimum absolute atomic E-state index is 0.00801. The molecular weight excluding hydrogens is 813 g/mol. The topological polar surface area (TPSA) is 166 Å². The number of alkyl halides is 2. The van der Waals surface area contributed by atoms with Crippen molar-refractivity contribution in [3.05, 3.63) is 70.2 Å². The van der Waals surface area contributed by atoms with Crippen LogP contribution in [-0.2, 0) is 27.8 Å². The van der Waals surface area contributed by atoms with Crippen LogP contribution in [0.1, 0.15) is 111 Å². The lowest BCUT2D eigenvalue weighted by atomic mass is 9.56. The molecule has 2 N–H and O–H groups in total. The fourth-order valence-corrected chi connectivity index (χ4v) is 12.0. The molecule has 11 rings (SSSR count). The van der Waals surface area contributed by atoms with Gasteiger partial charge in [0.05, 0.1) is 47.7 Å². The molecule has 4 aromatic heterocycles. The van der Waals surface area contributed by atoms with Crippen LogP contribution in [0.4, 0.5) is 20.3 Å². The molecule has 1 spiro atoms. The lowest BCUT2D eigenvalue weighted by Gasteiger charge is -2.53. The molecule has 3 atom stereocenters. The summed E-state index contributed by atoms with van der Waals surface area (Å²) in [5.41, 5.74) is 3.01. The van der Waals surface area contributed by atoms with Crippen LogP contribution in [0.2, 0.25) is 0 Å². The largest absolute Gasteiger partial charge is 0.374 e. The molecule has 2 aliphatic carbocycles. The standard InChI is InChI=1S/C45H53F2N11O5/c1-53-39-28(3-2-4-34(39)58(44(53)62)35-9-10-37(59)51-43(35)61)17-27-19-45(20-27)12-15-54(16-13-45)22-26-5-7-29(8-6-26)57-24-33(38(52-57)40(46)47)49-42(60)32-21-48-56-14-11-36(50-41(32)56)55-23-31-18-30(55)25-63-31/h2-4,11,14,21,24,26-27,29-31,35,40H,5-10,12-13,15-20,22-23,25H2,1H3,(H,49,60)(H,51,59,61)/t26-,29-,30-,31-,35?/m1/s1. The predicted molar refractivity (Wildman–Crippen MR) is 228 cm³/mol. The average molecular weight is 866 g/mol. The Labute approximate surface area is 361 Å². The number of hydrogen-bond acceptors (Lipinski definition) is 10. The van der Waals surface area contributed by atoms with E-state index in [9.17, 15) is 28.0 Å². The van der Waals surface area contributed by atoms with E-state index in [2.05, 4.69) is 36.7 Å². The molecule has 8 heterocycles. The number of imide groups is 1. The highest BCUT2D eigenvalue weighted by Crippen LogP contribution is 2.54. The summed E-state index contributed by atoms with van der Waals surface area (Å²) in [5.74, 6) is 0.531. The van der Waals surface area contributed by atoms with Crippen LogP contribution in [0.5, 0.6) is 0 Å². The second-order valence-electron chi connectivity index (χ2n) is 19.2. The smallest absolute Gasteiger partial charge is 0.329 e. The van der Waals surface area contributed by atoms with E-state index >= 15 is 0 Å². The van der Waals surface area contributed by atoms with Crippen molar-refractivity contribution in [1.82, 2.24) is 43.7 Å². The van der Waals surface area contributed by atoms with E-state index in [0.29, 0.717) is 35.9 Å². The number of nitrogens with one attached hydrogen (secondary N) is 2. The number of likely N-dealkylation sites (tertiary alicyclic amines) is 1. The van der Waals surface area contributed by atoms with Crippen molar-refractivity contribution >= 4 is 45.9 Å². The van der Waals surface area contributed by atoms with Crippen molar-refractivity contribution in [3.8, 4) is 0 Å². The first-order valence-corrected chi connectivity index (χ1v) is 22.7. The molecule has 332 valence electrons. The van der Waals surface area contributed by atoms with Crippen LogP contribution in [0.15, 0.2) is 47.7 Å². The molecule has 4 aliphatic heterocycles. The van der Waals surface area contributed by atoms with Crippen molar-refractivity contribution in [2.75, 3.05) is 43.0 Å². The molecule has 18 heteroatoms. The Kier molecular flexibility index (Phi) is 10.0. The van der Waals surface area contributed by atoms with Gasteiger partial charge in [0.2, 0.25) is 11.8 Å². The van der Waals surface area contributed by atoms with Gasteiger partial charge in [0, 0.05) is 39.0 Å². The number of aromatic nitrogens is 7. The van der Waals surface area contributed by atoms with Crippen molar-refractivity contribution in [2.24, 2.45) is 24.3 Å². The van der Waals surface area contributed by atoms with Gasteiger partial charge >= 0.3 is 5.69 Å². The van der Waals surface area contributed by atoms with Gasteiger partial charge in [-0.3, -0.25) is 33.5 Å². The van der Waals surface area contributed by atoms with Gasteiger partial charge in [-0.1, -0.05) is 12.1 Å². The number of carbonyl (C=O) groups excluding carboxylic acids is 3. The lowest BCUT2D eigenvalue weighted by molar-refractivity contribution is -0.135. The maximum atomic E-state index is 14.3. The second kappa shape index (κ2) is 15.6. The van der Waals surface area contributed by atoms with E-state index in [0.717, 1.165) is 87.1 Å². The number of nitrogens with zero attached hydrogens (tertiary/aromatic N) is 9. The minimum Gasteiger partial charge on any atom is -0.374 e. The summed E-state index contributed by atoms with van der Waals surface area (Å²) < 4.78 is 40.8. The van der Waals surface area contributed by atoms with Gasteiger partial charge in [0.1, 0.15) is 17.4 Å². The Morgan fingerprint density at radius 1 is 1.03 bits per heavy atom. The number of carbonyl (C=O) groups is 3. The van der Waals surface area contributed by atoms with E-state index in [-0.39, 0.29) is 47.5 Å². The zero-order valence-corrected chi connectivity index (χ0v) is 35.4. The van der Waals surface area contributed by atoms with E-state index in [1.807, 2.05) is 18.2 Å². The molecule has 3 amide bonds. The Morgan fingerprint density at radius 3 is 2.57 bits per heavy atom. The highest BCUT2D eigenvalue weighted by atomic mass is 19.3. The van der Waals surface area contributed by atoms with Crippen LogP contribution < -0.4 is 21.2 Å². The van der Waals surface area contributed by atoms with Gasteiger partial charge in [-0.2, -0.15) is 10.2 Å². The number of amides is 3. The SMILES string of the molecule is Cn1c(=O)n(C2CCC(=O)NC2=O)c2cccc(CC3CC4(CCN(C[C@H]5CC[C@H](n6cc(NC(=O)c7cnn8ccc(N9C[C@H]%10C[C@@H]9CO%10)nc78)c(C(F)F)n6)CC5)CC4)C3)c21. The van der Waals surface area contributed by atoms with Gasteiger partial charge < -0.3 is 19.9 Å². The summed E-state index contributed by atoms with van der Waals surface area (Å²) in [6, 6.07) is 7.38. The van der Waals surface area contributed by atoms with Gasteiger partial charge in [-0.15, -0.1) is 0 Å². The zero-order chi connectivity index (χ0) is 43.1. The highest BCUT2D eigenvalue weighted by molar-refractivity contribution is 6.08. The van der Waals surface area contributed by atoms with Gasteiger partial charge in [-0.25, -0.2) is 23.1 Å². The number of fused-ring (bicyclic) bond motifs is 4. The van der Waals surface area contributed by atoms with Crippen LogP contribution in [0, 0.1) is 17.3 Å². The quantitative estimate of drug-likeness (QED) is 0.179. The maximum Gasteiger partial charge on any atom is 0.329 e. The normalized spacial score (nSPS) is 26.3. The molecule has 2 saturated carbocycles. The van der Waals surface area contributed by atoms with Crippen molar-refractivity contribution in [3.63, 3.8) is 0 Å². The Morgan fingerprint density at radius 2 is 1.84 bits per heavy atom. The van der Waals surface area contributed by atoms with Crippen molar-refractivity contribution < 1.29 is 27.9 Å². The number of piperidine rings is 2.